The fourth-order valence-electron chi connectivity index (χ4n) is 2.65. The third kappa shape index (κ3) is 5.55. The molecule has 5 heteroatoms. The minimum absolute atomic E-state index is 0. The maximum atomic E-state index is 11.8. The molecule has 2 saturated heterocycles. The first-order chi connectivity index (χ1) is 8.34. The summed E-state index contributed by atoms with van der Waals surface area (Å²) in [5.41, 5.74) is 0. The Hall–Kier alpha value is -0.320. The van der Waals surface area contributed by atoms with Crippen LogP contribution < -0.4 is 10.6 Å². The van der Waals surface area contributed by atoms with Gasteiger partial charge in [0.1, 0.15) is 0 Å². The number of hydrogen-bond acceptors (Lipinski definition) is 3. The molecule has 2 aliphatic rings. The van der Waals surface area contributed by atoms with Gasteiger partial charge >= 0.3 is 0 Å². The van der Waals surface area contributed by atoms with Crippen LogP contribution >= 0.6 is 12.4 Å². The molecule has 4 nitrogen and oxygen atoms in total. The Balaban J connectivity index is 0.00000162. The Bertz CT molecular complexity index is 239. The number of halogens is 1. The Morgan fingerprint density at radius 1 is 1.22 bits per heavy atom. The van der Waals surface area contributed by atoms with E-state index in [0.29, 0.717) is 18.3 Å². The van der Waals surface area contributed by atoms with E-state index in [1.54, 1.807) is 0 Å². The average molecular weight is 277 g/mol. The Morgan fingerprint density at radius 3 is 2.67 bits per heavy atom. The summed E-state index contributed by atoms with van der Waals surface area (Å²) < 4.78 is 5.39. The summed E-state index contributed by atoms with van der Waals surface area (Å²) >= 11 is 0. The summed E-state index contributed by atoms with van der Waals surface area (Å²) in [6, 6.07) is 0. The molecule has 1 amide bonds. The molecule has 1 unspecified atom stereocenters. The summed E-state index contributed by atoms with van der Waals surface area (Å²) in [5.74, 6) is 1.32. The highest BCUT2D eigenvalue weighted by Crippen LogP contribution is 2.17. The van der Waals surface area contributed by atoms with Gasteiger partial charge in [0.2, 0.25) is 5.91 Å². The molecule has 0 bridgehead atoms. The molecule has 2 rings (SSSR count). The number of amides is 1. The Kier molecular flexibility index (Phi) is 7.63. The highest BCUT2D eigenvalue weighted by Gasteiger charge is 2.18. The van der Waals surface area contributed by atoms with Crippen molar-refractivity contribution in [3.05, 3.63) is 0 Å². The number of hydrogen-bond donors (Lipinski definition) is 2. The number of rotatable bonds is 4. The number of ether oxygens (including phenoxy) is 1. The zero-order valence-corrected chi connectivity index (χ0v) is 11.8. The second kappa shape index (κ2) is 8.73. The lowest BCUT2D eigenvalue weighted by Crippen LogP contribution is -2.37. The lowest BCUT2D eigenvalue weighted by molar-refractivity contribution is -0.123. The van der Waals surface area contributed by atoms with Crippen molar-refractivity contribution in [2.45, 2.75) is 32.1 Å². The zero-order valence-electron chi connectivity index (χ0n) is 11.0. The monoisotopic (exact) mass is 276 g/mol. The third-order valence-electron chi connectivity index (χ3n) is 3.78. The normalized spacial score (nSPS) is 25.2. The average Bonchev–Trinajstić information content (AvgIpc) is 2.39. The van der Waals surface area contributed by atoms with Gasteiger partial charge in [-0.15, -0.1) is 12.4 Å². The molecule has 2 N–H and O–H groups in total. The molecule has 18 heavy (non-hydrogen) atoms. The SMILES string of the molecule is Cl.O=C(CC1CCCOC1)NCC1CCNCC1. The van der Waals surface area contributed by atoms with Gasteiger partial charge in [-0.2, -0.15) is 0 Å². The second-order valence-corrected chi connectivity index (χ2v) is 5.28. The second-order valence-electron chi connectivity index (χ2n) is 5.28. The molecule has 106 valence electrons. The standard InChI is InChI=1S/C13H24N2O2.ClH/c16-13(8-12-2-1-7-17-10-12)15-9-11-3-5-14-6-4-11;/h11-12,14H,1-10H2,(H,15,16);1H. The third-order valence-corrected chi connectivity index (χ3v) is 3.78. The Labute approximate surface area is 116 Å². The van der Waals surface area contributed by atoms with Crippen molar-refractivity contribution in [3.63, 3.8) is 0 Å². The molecular weight excluding hydrogens is 252 g/mol. The highest BCUT2D eigenvalue weighted by molar-refractivity contribution is 5.85. The van der Waals surface area contributed by atoms with Gasteiger partial charge in [0, 0.05) is 26.2 Å². The van der Waals surface area contributed by atoms with Crippen LogP contribution in [0.2, 0.25) is 0 Å². The largest absolute Gasteiger partial charge is 0.381 e. The van der Waals surface area contributed by atoms with Crippen LogP contribution in [0.4, 0.5) is 0 Å². The lowest BCUT2D eigenvalue weighted by atomic mass is 9.96. The quantitative estimate of drug-likeness (QED) is 0.815. The minimum Gasteiger partial charge on any atom is -0.381 e. The van der Waals surface area contributed by atoms with Gasteiger partial charge in [-0.25, -0.2) is 0 Å². The molecule has 2 heterocycles. The summed E-state index contributed by atoms with van der Waals surface area (Å²) in [5, 5.41) is 6.42. The van der Waals surface area contributed by atoms with E-state index in [9.17, 15) is 4.79 Å². The number of carbonyl (C=O) groups is 1. The van der Waals surface area contributed by atoms with Crippen LogP contribution in [0.3, 0.4) is 0 Å². The van der Waals surface area contributed by atoms with Gasteiger partial charge < -0.3 is 15.4 Å². The molecule has 2 aliphatic heterocycles. The van der Waals surface area contributed by atoms with Gasteiger partial charge in [0.25, 0.3) is 0 Å². The van der Waals surface area contributed by atoms with Crippen molar-refractivity contribution in [1.82, 2.24) is 10.6 Å². The maximum Gasteiger partial charge on any atom is 0.220 e. The van der Waals surface area contributed by atoms with Crippen LogP contribution in [0.15, 0.2) is 0 Å². The fraction of sp³-hybridized carbons (Fsp3) is 0.923. The van der Waals surface area contributed by atoms with Crippen molar-refractivity contribution in [2.75, 3.05) is 32.8 Å². The molecule has 0 aromatic rings. The molecule has 0 aliphatic carbocycles. The van der Waals surface area contributed by atoms with Crippen LogP contribution in [0.25, 0.3) is 0 Å². The van der Waals surface area contributed by atoms with Crippen LogP contribution in [-0.2, 0) is 9.53 Å². The molecule has 0 spiro atoms. The summed E-state index contributed by atoms with van der Waals surface area (Å²) in [6.07, 6.45) is 5.26. The van der Waals surface area contributed by atoms with Crippen LogP contribution in [0, 0.1) is 11.8 Å². The number of piperidine rings is 1. The smallest absolute Gasteiger partial charge is 0.220 e. The topological polar surface area (TPSA) is 50.4 Å². The van der Waals surface area contributed by atoms with E-state index in [2.05, 4.69) is 10.6 Å². The predicted octanol–water partition coefficient (Wildman–Crippen LogP) is 1.34. The first kappa shape index (κ1) is 15.7. The summed E-state index contributed by atoms with van der Waals surface area (Å²) in [4.78, 5) is 11.8. The van der Waals surface area contributed by atoms with Crippen LogP contribution in [0.1, 0.15) is 32.1 Å². The molecular formula is C13H25ClN2O2. The molecule has 0 aromatic carbocycles. The van der Waals surface area contributed by atoms with Crippen molar-refractivity contribution in [2.24, 2.45) is 11.8 Å². The van der Waals surface area contributed by atoms with Crippen LogP contribution in [0.5, 0.6) is 0 Å². The summed E-state index contributed by atoms with van der Waals surface area (Å²) in [6.45, 7) is 4.68. The van der Waals surface area contributed by atoms with Crippen molar-refractivity contribution in [1.29, 1.82) is 0 Å². The predicted molar refractivity (Wildman–Crippen MR) is 74.0 cm³/mol. The first-order valence-corrected chi connectivity index (χ1v) is 6.90. The number of carbonyl (C=O) groups excluding carboxylic acids is 1. The van der Waals surface area contributed by atoms with E-state index in [-0.39, 0.29) is 18.3 Å². The highest BCUT2D eigenvalue weighted by atomic mass is 35.5. The van der Waals surface area contributed by atoms with E-state index >= 15 is 0 Å². The van der Waals surface area contributed by atoms with E-state index in [1.807, 2.05) is 0 Å². The maximum absolute atomic E-state index is 11.8. The van der Waals surface area contributed by atoms with E-state index in [4.69, 9.17) is 4.74 Å². The fourth-order valence-corrected chi connectivity index (χ4v) is 2.65. The molecule has 0 saturated carbocycles. The van der Waals surface area contributed by atoms with Crippen molar-refractivity contribution >= 4 is 18.3 Å². The minimum atomic E-state index is 0. The molecule has 2 fully saturated rings. The van der Waals surface area contributed by atoms with E-state index in [0.717, 1.165) is 45.7 Å². The van der Waals surface area contributed by atoms with Gasteiger partial charge in [-0.3, -0.25) is 4.79 Å². The summed E-state index contributed by atoms with van der Waals surface area (Å²) in [7, 11) is 0. The van der Waals surface area contributed by atoms with Gasteiger partial charge in [-0.1, -0.05) is 0 Å². The van der Waals surface area contributed by atoms with Gasteiger partial charge in [0.15, 0.2) is 0 Å². The molecule has 1 atom stereocenters. The van der Waals surface area contributed by atoms with Crippen molar-refractivity contribution in [3.8, 4) is 0 Å². The molecule has 0 radical (unpaired) electrons. The van der Waals surface area contributed by atoms with Gasteiger partial charge in [0.05, 0.1) is 0 Å². The lowest BCUT2D eigenvalue weighted by Gasteiger charge is -2.24. The Morgan fingerprint density at radius 2 is 2.00 bits per heavy atom. The first-order valence-electron chi connectivity index (χ1n) is 6.90. The van der Waals surface area contributed by atoms with Crippen molar-refractivity contribution < 1.29 is 9.53 Å². The number of nitrogens with one attached hydrogen (secondary N) is 2. The van der Waals surface area contributed by atoms with E-state index in [1.165, 1.54) is 12.8 Å². The van der Waals surface area contributed by atoms with E-state index < -0.39 is 0 Å². The van der Waals surface area contributed by atoms with Gasteiger partial charge in [-0.05, 0) is 50.6 Å². The zero-order chi connectivity index (χ0) is 11.9. The van der Waals surface area contributed by atoms with Crippen LogP contribution in [-0.4, -0.2) is 38.8 Å². The molecule has 0 aromatic heterocycles.